The van der Waals surface area contributed by atoms with E-state index < -0.39 is 6.10 Å². The topological polar surface area (TPSA) is 20.2 Å². The van der Waals surface area contributed by atoms with Gasteiger partial charge in [0.2, 0.25) is 0 Å². The first kappa shape index (κ1) is 9.20. The van der Waals surface area contributed by atoms with Gasteiger partial charge in [-0.25, -0.2) is 4.39 Å². The van der Waals surface area contributed by atoms with Crippen molar-refractivity contribution in [3.05, 3.63) is 35.1 Å². The molecular weight excluding hydrogens is 155 g/mol. The Balaban J connectivity index is 2.86. The lowest BCUT2D eigenvalue weighted by Crippen LogP contribution is -2.05. The van der Waals surface area contributed by atoms with Crippen LogP contribution in [-0.4, -0.2) is 11.2 Å². The number of aryl methyl sites for hydroxylation is 1. The van der Waals surface area contributed by atoms with Crippen molar-refractivity contribution in [3.8, 4) is 0 Å². The fourth-order valence-electron chi connectivity index (χ4n) is 1.14. The van der Waals surface area contributed by atoms with Crippen LogP contribution in [0.5, 0.6) is 0 Å². The van der Waals surface area contributed by atoms with Crippen molar-refractivity contribution in [3.63, 3.8) is 0 Å². The lowest BCUT2D eigenvalue weighted by atomic mass is 10.1. The minimum Gasteiger partial charge on any atom is -0.393 e. The van der Waals surface area contributed by atoms with E-state index in [0.29, 0.717) is 12.0 Å². The van der Waals surface area contributed by atoms with Crippen LogP contribution in [0.1, 0.15) is 18.1 Å². The molecule has 0 aromatic heterocycles. The van der Waals surface area contributed by atoms with Gasteiger partial charge in [0.05, 0.1) is 6.10 Å². The molecule has 0 aliphatic carbocycles. The molecule has 1 rings (SSSR count). The average Bonchev–Trinajstić information content (AvgIpc) is 1.94. The first-order valence-electron chi connectivity index (χ1n) is 4.02. The number of hydrogen-bond acceptors (Lipinski definition) is 1. The molecule has 0 saturated carbocycles. The Hall–Kier alpha value is -0.890. The van der Waals surface area contributed by atoms with Gasteiger partial charge in [0, 0.05) is 6.42 Å². The second-order valence-corrected chi connectivity index (χ2v) is 3.15. The van der Waals surface area contributed by atoms with Crippen LogP contribution in [0, 0.1) is 12.7 Å². The predicted molar refractivity (Wildman–Crippen MR) is 46.5 cm³/mol. The van der Waals surface area contributed by atoms with E-state index in [4.69, 9.17) is 5.11 Å². The number of hydrogen-bond donors (Lipinski definition) is 1. The lowest BCUT2D eigenvalue weighted by molar-refractivity contribution is 0.194. The highest BCUT2D eigenvalue weighted by Gasteiger charge is 2.04. The highest BCUT2D eigenvalue weighted by molar-refractivity contribution is 5.23. The summed E-state index contributed by atoms with van der Waals surface area (Å²) in [6.07, 6.45) is -0.103. The Morgan fingerprint density at radius 2 is 2.17 bits per heavy atom. The predicted octanol–water partition coefficient (Wildman–Crippen LogP) is 2.06. The van der Waals surface area contributed by atoms with E-state index in [1.807, 2.05) is 13.0 Å². The number of aliphatic hydroxyl groups is 1. The Morgan fingerprint density at radius 3 is 2.67 bits per heavy atom. The third kappa shape index (κ3) is 2.31. The van der Waals surface area contributed by atoms with Gasteiger partial charge in [0.15, 0.2) is 0 Å². The summed E-state index contributed by atoms with van der Waals surface area (Å²) in [5, 5.41) is 9.03. The second kappa shape index (κ2) is 3.68. The molecule has 1 atom stereocenters. The van der Waals surface area contributed by atoms with E-state index >= 15 is 0 Å². The molecule has 0 heterocycles. The minimum atomic E-state index is -0.484. The molecule has 12 heavy (non-hydrogen) atoms. The molecule has 1 nitrogen and oxygen atoms in total. The van der Waals surface area contributed by atoms with Crippen LogP contribution >= 0.6 is 0 Å². The van der Waals surface area contributed by atoms with Gasteiger partial charge in [-0.1, -0.05) is 12.1 Å². The van der Waals surface area contributed by atoms with Crippen molar-refractivity contribution in [2.45, 2.75) is 26.4 Å². The maximum atomic E-state index is 13.1. The van der Waals surface area contributed by atoms with Crippen molar-refractivity contribution in [2.75, 3.05) is 0 Å². The Labute approximate surface area is 71.9 Å². The summed E-state index contributed by atoms with van der Waals surface area (Å²) in [5.41, 5.74) is 1.48. The maximum absolute atomic E-state index is 13.1. The molecule has 0 fully saturated rings. The Morgan fingerprint density at radius 1 is 1.50 bits per heavy atom. The minimum absolute atomic E-state index is 0.226. The van der Waals surface area contributed by atoms with E-state index in [9.17, 15) is 4.39 Å². The van der Waals surface area contributed by atoms with Gasteiger partial charge in [-0.05, 0) is 31.0 Å². The summed E-state index contributed by atoms with van der Waals surface area (Å²) in [5.74, 6) is -0.226. The fraction of sp³-hybridized carbons (Fsp3) is 0.400. The highest BCUT2D eigenvalue weighted by atomic mass is 19.1. The van der Waals surface area contributed by atoms with Gasteiger partial charge in [0.25, 0.3) is 0 Å². The fourth-order valence-corrected chi connectivity index (χ4v) is 1.14. The average molecular weight is 168 g/mol. The zero-order chi connectivity index (χ0) is 9.14. The van der Waals surface area contributed by atoms with Crippen LogP contribution in [-0.2, 0) is 6.42 Å². The normalized spacial score (nSPS) is 13.0. The van der Waals surface area contributed by atoms with Gasteiger partial charge in [-0.15, -0.1) is 0 Å². The summed E-state index contributed by atoms with van der Waals surface area (Å²) in [6, 6.07) is 5.05. The number of aliphatic hydroxyl groups excluding tert-OH is 1. The van der Waals surface area contributed by atoms with Crippen LogP contribution in [0.15, 0.2) is 18.2 Å². The Bertz CT molecular complexity index is 269. The van der Waals surface area contributed by atoms with E-state index in [-0.39, 0.29) is 5.82 Å². The van der Waals surface area contributed by atoms with Crippen molar-refractivity contribution in [2.24, 2.45) is 0 Å². The summed E-state index contributed by atoms with van der Waals surface area (Å²) in [4.78, 5) is 0. The molecule has 1 aromatic rings. The first-order chi connectivity index (χ1) is 5.59. The van der Waals surface area contributed by atoms with Crippen molar-refractivity contribution >= 4 is 0 Å². The van der Waals surface area contributed by atoms with Gasteiger partial charge < -0.3 is 5.11 Å². The third-order valence-corrected chi connectivity index (χ3v) is 1.72. The molecule has 1 N–H and O–H groups in total. The van der Waals surface area contributed by atoms with Gasteiger partial charge in [0.1, 0.15) is 5.82 Å². The van der Waals surface area contributed by atoms with Gasteiger partial charge in [-0.3, -0.25) is 0 Å². The molecule has 0 bridgehead atoms. The molecule has 1 aromatic carbocycles. The Kier molecular flexibility index (Phi) is 2.82. The quantitative estimate of drug-likeness (QED) is 0.716. The summed E-state index contributed by atoms with van der Waals surface area (Å²) in [6.45, 7) is 3.49. The highest BCUT2D eigenvalue weighted by Crippen LogP contribution is 2.11. The van der Waals surface area contributed by atoms with Crippen LogP contribution in [0.3, 0.4) is 0 Å². The van der Waals surface area contributed by atoms with Gasteiger partial charge >= 0.3 is 0 Å². The smallest absolute Gasteiger partial charge is 0.126 e. The largest absolute Gasteiger partial charge is 0.393 e. The summed E-state index contributed by atoms with van der Waals surface area (Å²) < 4.78 is 13.1. The molecule has 0 saturated heterocycles. The van der Waals surface area contributed by atoms with Crippen LogP contribution in [0.2, 0.25) is 0 Å². The molecule has 0 aliphatic rings. The summed E-state index contributed by atoms with van der Waals surface area (Å²) >= 11 is 0. The van der Waals surface area contributed by atoms with Crippen molar-refractivity contribution in [1.82, 2.24) is 0 Å². The summed E-state index contributed by atoms with van der Waals surface area (Å²) in [7, 11) is 0. The zero-order valence-corrected chi connectivity index (χ0v) is 7.34. The van der Waals surface area contributed by atoms with E-state index in [1.165, 1.54) is 6.07 Å². The molecule has 66 valence electrons. The standard InChI is InChI=1S/C10H13FO/c1-7-3-4-9(6-8(2)12)10(11)5-7/h3-5,8,12H,6H2,1-2H3/t8-/m1/s1. The number of halogens is 1. The molecule has 0 radical (unpaired) electrons. The molecule has 0 spiro atoms. The SMILES string of the molecule is Cc1ccc(C[C@@H](C)O)c(F)c1. The number of benzene rings is 1. The first-order valence-corrected chi connectivity index (χ1v) is 4.02. The second-order valence-electron chi connectivity index (χ2n) is 3.15. The van der Waals surface area contributed by atoms with E-state index in [0.717, 1.165) is 5.56 Å². The number of rotatable bonds is 2. The monoisotopic (exact) mass is 168 g/mol. The molecular formula is C10H13FO. The molecule has 0 amide bonds. The maximum Gasteiger partial charge on any atom is 0.126 e. The molecule has 0 aliphatic heterocycles. The third-order valence-electron chi connectivity index (χ3n) is 1.72. The van der Waals surface area contributed by atoms with Crippen LogP contribution in [0.4, 0.5) is 4.39 Å². The van der Waals surface area contributed by atoms with Crippen molar-refractivity contribution in [1.29, 1.82) is 0 Å². The van der Waals surface area contributed by atoms with Gasteiger partial charge in [-0.2, -0.15) is 0 Å². The van der Waals surface area contributed by atoms with E-state index in [2.05, 4.69) is 0 Å². The lowest BCUT2D eigenvalue weighted by Gasteiger charge is -2.05. The van der Waals surface area contributed by atoms with Crippen LogP contribution < -0.4 is 0 Å². The molecule has 0 unspecified atom stereocenters. The zero-order valence-electron chi connectivity index (χ0n) is 7.34. The van der Waals surface area contributed by atoms with E-state index in [1.54, 1.807) is 13.0 Å². The van der Waals surface area contributed by atoms with Crippen molar-refractivity contribution < 1.29 is 9.50 Å². The molecule has 2 heteroatoms. The van der Waals surface area contributed by atoms with Crippen LogP contribution in [0.25, 0.3) is 0 Å².